The van der Waals surface area contributed by atoms with E-state index in [-0.39, 0.29) is 11.9 Å². The molecule has 1 fully saturated rings. The molecule has 0 saturated carbocycles. The smallest absolute Gasteiger partial charge is 0.220 e. The maximum absolute atomic E-state index is 13.8. The lowest BCUT2D eigenvalue weighted by Crippen LogP contribution is -2.50. The Hall–Kier alpha value is -2.97. The fourth-order valence-electron chi connectivity index (χ4n) is 5.78. The molecule has 4 nitrogen and oxygen atoms in total. The van der Waals surface area contributed by atoms with Gasteiger partial charge in [0.2, 0.25) is 10.0 Å². The van der Waals surface area contributed by atoms with E-state index in [0.717, 1.165) is 23.1 Å². The van der Waals surface area contributed by atoms with Gasteiger partial charge in [0.15, 0.2) is 0 Å². The third-order valence-electron chi connectivity index (χ3n) is 8.15. The van der Waals surface area contributed by atoms with Gasteiger partial charge in [0.1, 0.15) is 5.82 Å². The molecule has 0 amide bonds. The molecule has 0 N–H and O–H groups in total. The van der Waals surface area contributed by atoms with Crippen LogP contribution >= 0.6 is 11.8 Å². The van der Waals surface area contributed by atoms with Crippen molar-refractivity contribution in [1.82, 2.24) is 9.21 Å². The number of aryl methyl sites for hydroxylation is 1. The van der Waals surface area contributed by atoms with Gasteiger partial charge in [-0.05, 0) is 72.4 Å². The van der Waals surface area contributed by atoms with Gasteiger partial charge in [-0.15, -0.1) is 0 Å². The van der Waals surface area contributed by atoms with E-state index in [1.807, 2.05) is 18.2 Å². The molecular formula is C33H33FN2O2S2. The van der Waals surface area contributed by atoms with Crippen LogP contribution in [-0.2, 0) is 16.4 Å². The van der Waals surface area contributed by atoms with Crippen LogP contribution in [0.2, 0.25) is 0 Å². The first-order valence-electron chi connectivity index (χ1n) is 13.7. The number of nitrogens with zero attached hydrogens (tertiary/aromatic N) is 2. The van der Waals surface area contributed by atoms with Crippen LogP contribution in [0, 0.1) is 12.7 Å². The maximum atomic E-state index is 13.8. The van der Waals surface area contributed by atoms with Crippen LogP contribution in [0.1, 0.15) is 51.6 Å². The van der Waals surface area contributed by atoms with E-state index in [1.165, 1.54) is 38.6 Å². The minimum absolute atomic E-state index is 0.0653. The molecular weight excluding hydrogens is 540 g/mol. The van der Waals surface area contributed by atoms with Crippen LogP contribution in [0.15, 0.2) is 101 Å². The zero-order valence-electron chi connectivity index (χ0n) is 22.8. The Bertz CT molecular complexity index is 1570. The first kappa shape index (κ1) is 27.2. The lowest BCUT2D eigenvalue weighted by molar-refractivity contribution is 0.155. The van der Waals surface area contributed by atoms with Crippen molar-refractivity contribution in [3.63, 3.8) is 0 Å². The molecule has 0 spiro atoms. The lowest BCUT2D eigenvalue weighted by Gasteiger charge is -2.40. The lowest BCUT2D eigenvalue weighted by atomic mass is 9.95. The van der Waals surface area contributed by atoms with Gasteiger partial charge in [-0.2, -0.15) is 4.31 Å². The van der Waals surface area contributed by atoms with E-state index >= 15 is 0 Å². The van der Waals surface area contributed by atoms with Crippen molar-refractivity contribution in [1.29, 1.82) is 0 Å². The minimum Gasteiger partial charge on any atom is -0.290 e. The van der Waals surface area contributed by atoms with E-state index in [0.29, 0.717) is 26.2 Å². The summed E-state index contributed by atoms with van der Waals surface area (Å²) in [5, 5.41) is -0.628. The summed E-state index contributed by atoms with van der Waals surface area (Å²) < 4.78 is 43.0. The molecule has 2 aliphatic heterocycles. The summed E-state index contributed by atoms with van der Waals surface area (Å²) in [5.74, 6) is -0.263. The van der Waals surface area contributed by atoms with Crippen molar-refractivity contribution in [2.75, 3.05) is 26.2 Å². The highest BCUT2D eigenvalue weighted by atomic mass is 32.2. The van der Waals surface area contributed by atoms with Gasteiger partial charge in [-0.25, -0.2) is 12.8 Å². The number of benzene rings is 4. The van der Waals surface area contributed by atoms with Gasteiger partial charge in [0.25, 0.3) is 0 Å². The van der Waals surface area contributed by atoms with E-state index in [2.05, 4.69) is 72.5 Å². The summed E-state index contributed by atoms with van der Waals surface area (Å²) in [6.45, 7) is 5.90. The van der Waals surface area contributed by atoms with Crippen molar-refractivity contribution in [2.45, 2.75) is 41.4 Å². The standard InChI is InChI=1S/C33H33FN2O2S2/c1-23-7-9-25(10-8-23)33(26-11-14-30(34)15-12-26)35-17-19-36(20-18-35)40(37,38)24(2)27-13-16-32-29(21-27)22-28-5-3-4-6-31(28)39-32/h3-16,21,24,33H,17-20,22H2,1-2H3. The Morgan fingerprint density at radius 1 is 0.750 bits per heavy atom. The van der Waals surface area contributed by atoms with Crippen molar-refractivity contribution >= 4 is 21.8 Å². The predicted octanol–water partition coefficient (Wildman–Crippen LogP) is 6.99. The molecule has 4 aromatic rings. The molecule has 6 rings (SSSR count). The van der Waals surface area contributed by atoms with Gasteiger partial charge in [-0.1, -0.05) is 84.1 Å². The Labute approximate surface area is 240 Å². The molecule has 0 bridgehead atoms. The Morgan fingerprint density at radius 3 is 2.05 bits per heavy atom. The number of rotatable bonds is 6. The van der Waals surface area contributed by atoms with Gasteiger partial charge in [0, 0.05) is 36.0 Å². The van der Waals surface area contributed by atoms with E-state index in [4.69, 9.17) is 0 Å². The zero-order valence-corrected chi connectivity index (χ0v) is 24.4. The molecule has 0 aliphatic carbocycles. The summed E-state index contributed by atoms with van der Waals surface area (Å²) in [4.78, 5) is 4.77. The molecule has 2 atom stereocenters. The Morgan fingerprint density at radius 2 is 1.35 bits per heavy atom. The number of halogens is 1. The fraction of sp³-hybridized carbons (Fsp3) is 0.273. The maximum Gasteiger partial charge on any atom is 0.220 e. The summed E-state index contributed by atoms with van der Waals surface area (Å²) in [6, 6.07) is 29.5. The summed E-state index contributed by atoms with van der Waals surface area (Å²) in [6.07, 6.45) is 0.821. The van der Waals surface area contributed by atoms with E-state index in [9.17, 15) is 12.8 Å². The minimum atomic E-state index is -3.54. The largest absolute Gasteiger partial charge is 0.290 e. The van der Waals surface area contributed by atoms with Crippen molar-refractivity contribution in [3.8, 4) is 0 Å². The van der Waals surface area contributed by atoms with Gasteiger partial charge >= 0.3 is 0 Å². The van der Waals surface area contributed by atoms with Crippen LogP contribution in [-0.4, -0.2) is 43.8 Å². The SMILES string of the molecule is Cc1ccc(C(c2ccc(F)cc2)N2CCN(S(=O)(=O)C(C)c3ccc4c(c3)Cc3ccccc3S4)CC2)cc1. The highest BCUT2D eigenvalue weighted by molar-refractivity contribution is 7.99. The molecule has 7 heteroatoms. The Balaban J connectivity index is 1.19. The third-order valence-corrected chi connectivity index (χ3v) is 11.6. The number of sulfonamides is 1. The first-order chi connectivity index (χ1) is 19.3. The second-order valence-electron chi connectivity index (χ2n) is 10.7. The second kappa shape index (κ2) is 11.1. The summed E-state index contributed by atoms with van der Waals surface area (Å²) in [5.41, 5.74) is 6.61. The van der Waals surface area contributed by atoms with Crippen molar-refractivity contribution in [2.24, 2.45) is 0 Å². The third kappa shape index (κ3) is 5.36. The van der Waals surface area contributed by atoms with Crippen LogP contribution in [0.4, 0.5) is 4.39 Å². The predicted molar refractivity (Wildman–Crippen MR) is 160 cm³/mol. The van der Waals surface area contributed by atoms with Crippen LogP contribution < -0.4 is 0 Å². The van der Waals surface area contributed by atoms with Crippen molar-refractivity contribution < 1.29 is 12.8 Å². The molecule has 4 aromatic carbocycles. The molecule has 2 heterocycles. The molecule has 2 unspecified atom stereocenters. The van der Waals surface area contributed by atoms with Gasteiger partial charge in [0.05, 0.1) is 11.3 Å². The van der Waals surface area contributed by atoms with Gasteiger partial charge < -0.3 is 0 Å². The van der Waals surface area contributed by atoms with E-state index in [1.54, 1.807) is 23.0 Å². The highest BCUT2D eigenvalue weighted by Crippen LogP contribution is 2.41. The molecule has 0 aromatic heterocycles. The Kier molecular flexibility index (Phi) is 7.57. The second-order valence-corrected chi connectivity index (χ2v) is 14.1. The fourth-order valence-corrected chi connectivity index (χ4v) is 8.45. The quantitative estimate of drug-likeness (QED) is 0.220. The average Bonchev–Trinajstić information content (AvgIpc) is 2.97. The van der Waals surface area contributed by atoms with Crippen LogP contribution in [0.25, 0.3) is 0 Å². The van der Waals surface area contributed by atoms with E-state index < -0.39 is 15.3 Å². The van der Waals surface area contributed by atoms with Crippen LogP contribution in [0.5, 0.6) is 0 Å². The highest BCUT2D eigenvalue weighted by Gasteiger charge is 2.35. The topological polar surface area (TPSA) is 40.6 Å². The molecule has 40 heavy (non-hydrogen) atoms. The zero-order chi connectivity index (χ0) is 27.9. The van der Waals surface area contributed by atoms with Gasteiger partial charge in [-0.3, -0.25) is 4.90 Å². The van der Waals surface area contributed by atoms with Crippen LogP contribution in [0.3, 0.4) is 0 Å². The molecule has 1 saturated heterocycles. The normalized spacial score (nSPS) is 17.6. The number of hydrogen-bond acceptors (Lipinski definition) is 4. The summed E-state index contributed by atoms with van der Waals surface area (Å²) in [7, 11) is -3.54. The number of hydrogen-bond donors (Lipinski definition) is 0. The summed E-state index contributed by atoms with van der Waals surface area (Å²) >= 11 is 1.75. The molecule has 206 valence electrons. The number of fused-ring (bicyclic) bond motifs is 2. The average molecular weight is 573 g/mol. The monoisotopic (exact) mass is 572 g/mol. The molecule has 2 aliphatic rings. The molecule has 0 radical (unpaired) electrons. The number of piperazine rings is 1. The van der Waals surface area contributed by atoms with Crippen molar-refractivity contribution in [3.05, 3.63) is 130 Å². The first-order valence-corrected chi connectivity index (χ1v) is 16.1.